The van der Waals surface area contributed by atoms with Gasteiger partial charge in [0.25, 0.3) is 5.91 Å². The van der Waals surface area contributed by atoms with E-state index in [-0.39, 0.29) is 30.4 Å². The highest BCUT2D eigenvalue weighted by Gasteiger charge is 2.56. The number of amides is 2. The standard InChI is InChI=1S/C30H39N5O4/c36-23(34-24-17-3-15-4-18(24)10-29(38,7-15)9-17)14-33-28(37)22-13-32-27-21(1-2-31-27)26(22)35-25-19-5-16-6-20(25)12-30(39,8-16)11-19/h1-2,13,15-20,24-25,38-39H,3-12,14H2,(H,33,37)(H,34,36)(H2,31,32,35). The Hall–Kier alpha value is -2.65. The second-order valence-corrected chi connectivity index (χ2v) is 14.1. The van der Waals surface area contributed by atoms with Crippen LogP contribution in [-0.4, -0.2) is 61.8 Å². The molecule has 0 aliphatic heterocycles. The fraction of sp³-hybridized carbons (Fsp3) is 0.700. The number of aliphatic hydroxyl groups is 2. The lowest BCUT2D eigenvalue weighted by molar-refractivity contribution is -0.146. The number of aromatic amines is 1. The van der Waals surface area contributed by atoms with Crippen LogP contribution in [0, 0.1) is 35.5 Å². The summed E-state index contributed by atoms with van der Waals surface area (Å²) >= 11 is 0. The maximum atomic E-state index is 13.5. The SMILES string of the molecule is O=C(CNC(=O)c1cnc2[nH]ccc2c1NC1C2CC3CC1CC(O)(C3)C2)NC1C2CC3CC1CC(O)(C3)C2. The minimum Gasteiger partial charge on any atom is -0.390 e. The van der Waals surface area contributed by atoms with E-state index in [1.165, 1.54) is 0 Å². The average molecular weight is 534 g/mol. The van der Waals surface area contributed by atoms with E-state index in [4.69, 9.17) is 0 Å². The Balaban J connectivity index is 0.973. The van der Waals surface area contributed by atoms with Gasteiger partial charge in [-0.25, -0.2) is 4.98 Å². The van der Waals surface area contributed by atoms with Gasteiger partial charge in [0.05, 0.1) is 29.0 Å². The van der Waals surface area contributed by atoms with Crippen LogP contribution >= 0.6 is 0 Å². The molecule has 39 heavy (non-hydrogen) atoms. The van der Waals surface area contributed by atoms with E-state index in [0.717, 1.165) is 80.9 Å². The van der Waals surface area contributed by atoms with Gasteiger partial charge in [0.1, 0.15) is 5.65 Å². The van der Waals surface area contributed by atoms with E-state index in [2.05, 4.69) is 25.9 Å². The summed E-state index contributed by atoms with van der Waals surface area (Å²) in [5, 5.41) is 32.6. The second-order valence-electron chi connectivity index (χ2n) is 14.1. The van der Waals surface area contributed by atoms with Crippen molar-refractivity contribution in [1.82, 2.24) is 20.6 Å². The first-order chi connectivity index (χ1) is 18.7. The molecule has 2 aromatic heterocycles. The fourth-order valence-corrected chi connectivity index (χ4v) is 10.4. The summed E-state index contributed by atoms with van der Waals surface area (Å²) in [5.74, 6) is 2.14. The molecule has 8 aliphatic rings. The quantitative estimate of drug-likeness (QED) is 0.338. The maximum Gasteiger partial charge on any atom is 0.255 e. The third-order valence-corrected chi connectivity index (χ3v) is 11.4. The van der Waals surface area contributed by atoms with E-state index in [0.29, 0.717) is 41.1 Å². The number of carbonyl (C=O) groups excluding carboxylic acids is 2. The molecular weight excluding hydrogens is 494 g/mol. The van der Waals surface area contributed by atoms with Crippen molar-refractivity contribution in [3.8, 4) is 0 Å². The van der Waals surface area contributed by atoms with E-state index in [1.807, 2.05) is 12.3 Å². The molecule has 8 aliphatic carbocycles. The lowest BCUT2D eigenvalue weighted by Crippen LogP contribution is -2.62. The van der Waals surface area contributed by atoms with Crippen molar-refractivity contribution in [2.75, 3.05) is 11.9 Å². The zero-order valence-corrected chi connectivity index (χ0v) is 22.3. The summed E-state index contributed by atoms with van der Waals surface area (Å²) in [6.07, 6.45) is 12.9. The van der Waals surface area contributed by atoms with Crippen LogP contribution in [0.2, 0.25) is 0 Å². The van der Waals surface area contributed by atoms with Gasteiger partial charge in [-0.15, -0.1) is 0 Å². The lowest BCUT2D eigenvalue weighted by atomic mass is 9.52. The number of hydrogen-bond donors (Lipinski definition) is 6. The smallest absolute Gasteiger partial charge is 0.255 e. The predicted octanol–water partition coefficient (Wildman–Crippen LogP) is 2.70. The molecule has 0 saturated heterocycles. The molecular formula is C30H39N5O4. The van der Waals surface area contributed by atoms with Crippen LogP contribution in [0.5, 0.6) is 0 Å². The molecule has 0 radical (unpaired) electrons. The number of hydrogen-bond acceptors (Lipinski definition) is 6. The second kappa shape index (κ2) is 8.43. The molecule has 4 atom stereocenters. The largest absolute Gasteiger partial charge is 0.390 e. The average Bonchev–Trinajstić information content (AvgIpc) is 3.34. The van der Waals surface area contributed by atoms with Crippen LogP contribution in [0.3, 0.4) is 0 Å². The molecule has 10 rings (SSSR count). The van der Waals surface area contributed by atoms with Gasteiger partial charge in [-0.2, -0.15) is 0 Å². The number of H-pyrrole nitrogens is 1. The first-order valence-corrected chi connectivity index (χ1v) is 15.0. The number of anilines is 1. The van der Waals surface area contributed by atoms with Crippen molar-refractivity contribution in [3.63, 3.8) is 0 Å². The molecule has 6 N–H and O–H groups in total. The highest BCUT2D eigenvalue weighted by Crippen LogP contribution is 2.57. The highest BCUT2D eigenvalue weighted by atomic mass is 16.3. The number of aromatic nitrogens is 2. The van der Waals surface area contributed by atoms with Crippen molar-refractivity contribution in [1.29, 1.82) is 0 Å². The minimum atomic E-state index is -0.533. The summed E-state index contributed by atoms with van der Waals surface area (Å²) in [5.41, 5.74) is 0.877. The van der Waals surface area contributed by atoms with Gasteiger partial charge in [0.15, 0.2) is 0 Å². The van der Waals surface area contributed by atoms with E-state index in [9.17, 15) is 19.8 Å². The predicted molar refractivity (Wildman–Crippen MR) is 145 cm³/mol. The summed E-state index contributed by atoms with van der Waals surface area (Å²) in [6.45, 7) is -0.0868. The minimum absolute atomic E-state index is 0.0868. The van der Waals surface area contributed by atoms with Gasteiger partial charge >= 0.3 is 0 Å². The van der Waals surface area contributed by atoms with Crippen molar-refractivity contribution in [2.45, 2.75) is 87.5 Å². The van der Waals surface area contributed by atoms with E-state index in [1.54, 1.807) is 6.20 Å². The number of nitrogens with one attached hydrogen (secondary N) is 4. The molecule has 8 bridgehead atoms. The Bertz CT molecular complexity index is 1310. The van der Waals surface area contributed by atoms with Crippen molar-refractivity contribution in [2.24, 2.45) is 35.5 Å². The summed E-state index contributed by atoms with van der Waals surface area (Å²) in [6, 6.07) is 2.25. The van der Waals surface area contributed by atoms with Crippen LogP contribution in [0.4, 0.5) is 5.69 Å². The molecule has 2 heterocycles. The Morgan fingerprint density at radius 1 is 0.897 bits per heavy atom. The summed E-state index contributed by atoms with van der Waals surface area (Å²) in [7, 11) is 0. The van der Waals surface area contributed by atoms with Crippen LogP contribution < -0.4 is 16.0 Å². The highest BCUT2D eigenvalue weighted by molar-refractivity contribution is 6.07. The van der Waals surface area contributed by atoms with Crippen LogP contribution in [-0.2, 0) is 4.79 Å². The molecule has 9 heteroatoms. The third-order valence-electron chi connectivity index (χ3n) is 11.4. The number of carbonyl (C=O) groups is 2. The zero-order valence-electron chi connectivity index (χ0n) is 22.3. The molecule has 2 amide bonds. The van der Waals surface area contributed by atoms with Gasteiger partial charge in [0.2, 0.25) is 5.91 Å². The first-order valence-electron chi connectivity index (χ1n) is 15.0. The van der Waals surface area contributed by atoms with E-state index >= 15 is 0 Å². The van der Waals surface area contributed by atoms with E-state index < -0.39 is 11.2 Å². The normalized spacial score (nSPS) is 43.1. The third kappa shape index (κ3) is 3.98. The monoisotopic (exact) mass is 533 g/mol. The molecule has 9 nitrogen and oxygen atoms in total. The first kappa shape index (κ1) is 24.2. The number of nitrogens with zero attached hydrogens (tertiary/aromatic N) is 1. The molecule has 0 spiro atoms. The van der Waals surface area contributed by atoms with Gasteiger partial charge in [0, 0.05) is 29.9 Å². The van der Waals surface area contributed by atoms with Gasteiger partial charge in [-0.1, -0.05) is 0 Å². The van der Waals surface area contributed by atoms with Crippen molar-refractivity contribution < 1.29 is 19.8 Å². The summed E-state index contributed by atoms with van der Waals surface area (Å²) < 4.78 is 0. The maximum absolute atomic E-state index is 13.5. The lowest BCUT2D eigenvalue weighted by Gasteiger charge is -2.58. The Kier molecular flexibility index (Phi) is 5.22. The molecule has 8 saturated carbocycles. The zero-order chi connectivity index (χ0) is 26.5. The fourth-order valence-electron chi connectivity index (χ4n) is 10.4. The molecule has 2 aromatic rings. The van der Waals surface area contributed by atoms with Crippen molar-refractivity contribution in [3.05, 3.63) is 24.0 Å². The van der Waals surface area contributed by atoms with Gasteiger partial charge < -0.3 is 31.1 Å². The number of fused-ring (bicyclic) bond motifs is 1. The molecule has 4 unspecified atom stereocenters. The summed E-state index contributed by atoms with van der Waals surface area (Å²) in [4.78, 5) is 34.1. The van der Waals surface area contributed by atoms with Crippen LogP contribution in [0.15, 0.2) is 18.5 Å². The molecule has 8 fully saturated rings. The van der Waals surface area contributed by atoms with Crippen LogP contribution in [0.25, 0.3) is 11.0 Å². The number of pyridine rings is 1. The number of rotatable bonds is 6. The molecule has 0 aromatic carbocycles. The Morgan fingerprint density at radius 3 is 2.08 bits per heavy atom. The topological polar surface area (TPSA) is 139 Å². The van der Waals surface area contributed by atoms with Crippen LogP contribution in [0.1, 0.15) is 74.6 Å². The van der Waals surface area contributed by atoms with Gasteiger partial charge in [-0.05, 0) is 106 Å². The Labute approximate surface area is 227 Å². The molecule has 208 valence electrons. The van der Waals surface area contributed by atoms with Gasteiger partial charge in [-0.3, -0.25) is 9.59 Å². The Morgan fingerprint density at radius 2 is 1.49 bits per heavy atom. The van der Waals surface area contributed by atoms with Crippen molar-refractivity contribution >= 4 is 28.5 Å².